The van der Waals surface area contributed by atoms with Crippen LogP contribution in [0.4, 0.5) is 0 Å². The van der Waals surface area contributed by atoms with E-state index in [4.69, 9.17) is 4.42 Å². The third-order valence-corrected chi connectivity index (χ3v) is 4.86. The fraction of sp³-hybridized carbons (Fsp3) is 0.467. The Morgan fingerprint density at radius 3 is 2.74 bits per heavy atom. The maximum absolute atomic E-state index is 12.7. The Labute approximate surface area is 152 Å². The number of hydrogen-bond donors (Lipinski definition) is 1. The predicted octanol–water partition coefficient (Wildman–Crippen LogP) is 3.30. The van der Waals surface area contributed by atoms with Crippen molar-refractivity contribution in [1.82, 2.24) is 15.2 Å². The van der Waals surface area contributed by atoms with Gasteiger partial charge in [0.15, 0.2) is 10.8 Å². The quantitative estimate of drug-likeness (QED) is 0.871. The molecule has 2 aromatic heterocycles. The fourth-order valence-corrected chi connectivity index (χ4v) is 3.51. The van der Waals surface area contributed by atoms with E-state index in [-0.39, 0.29) is 36.8 Å². The van der Waals surface area contributed by atoms with Crippen molar-refractivity contribution in [3.05, 3.63) is 28.5 Å². The maximum Gasteiger partial charge on any atom is 0.266 e. The van der Waals surface area contributed by atoms with Gasteiger partial charge < -0.3 is 14.6 Å². The van der Waals surface area contributed by atoms with Crippen molar-refractivity contribution in [2.24, 2.45) is 0 Å². The van der Waals surface area contributed by atoms with E-state index < -0.39 is 0 Å². The van der Waals surface area contributed by atoms with E-state index in [9.17, 15) is 4.79 Å². The number of halogens is 2. The van der Waals surface area contributed by atoms with Gasteiger partial charge in [-0.25, -0.2) is 4.98 Å². The third kappa shape index (κ3) is 4.07. The second-order valence-corrected chi connectivity index (χ2v) is 6.39. The van der Waals surface area contributed by atoms with Gasteiger partial charge in [0.05, 0.1) is 5.69 Å². The monoisotopic (exact) mass is 377 g/mol. The molecular formula is C15H21Cl2N3O2S. The molecule has 3 heterocycles. The Morgan fingerprint density at radius 1 is 1.39 bits per heavy atom. The number of hydrogen-bond acceptors (Lipinski definition) is 5. The van der Waals surface area contributed by atoms with Crippen molar-refractivity contribution >= 4 is 42.1 Å². The lowest BCUT2D eigenvalue weighted by Crippen LogP contribution is -2.52. The molecule has 1 atom stereocenters. The van der Waals surface area contributed by atoms with E-state index in [0.29, 0.717) is 4.88 Å². The molecule has 5 nitrogen and oxygen atoms in total. The SMILES string of the molecule is Cc1ccc(-c2nc(C)c(C(=O)N3CCNCC3C)s2)o1.Cl.Cl. The zero-order valence-corrected chi connectivity index (χ0v) is 15.7. The zero-order valence-electron chi connectivity index (χ0n) is 13.3. The molecule has 1 unspecified atom stereocenters. The van der Waals surface area contributed by atoms with E-state index in [1.54, 1.807) is 0 Å². The lowest BCUT2D eigenvalue weighted by Gasteiger charge is -2.33. The van der Waals surface area contributed by atoms with Crippen molar-refractivity contribution in [2.75, 3.05) is 19.6 Å². The number of nitrogens with zero attached hydrogens (tertiary/aromatic N) is 2. The van der Waals surface area contributed by atoms with Crippen LogP contribution in [0.25, 0.3) is 10.8 Å². The highest BCUT2D eigenvalue weighted by atomic mass is 35.5. The smallest absolute Gasteiger partial charge is 0.266 e. The van der Waals surface area contributed by atoms with Crippen LogP contribution < -0.4 is 5.32 Å². The lowest BCUT2D eigenvalue weighted by molar-refractivity contribution is 0.0660. The molecule has 1 aliphatic rings. The molecule has 1 saturated heterocycles. The molecule has 0 aromatic carbocycles. The summed E-state index contributed by atoms with van der Waals surface area (Å²) in [5.41, 5.74) is 0.778. The number of nitrogens with one attached hydrogen (secondary N) is 1. The van der Waals surface area contributed by atoms with Crippen molar-refractivity contribution < 1.29 is 9.21 Å². The zero-order chi connectivity index (χ0) is 15.0. The normalized spacial score (nSPS) is 17.3. The average molecular weight is 378 g/mol. The number of aromatic nitrogens is 1. The second-order valence-electron chi connectivity index (χ2n) is 5.40. The molecule has 2 aromatic rings. The number of piperazine rings is 1. The first-order valence-electron chi connectivity index (χ1n) is 7.12. The van der Waals surface area contributed by atoms with Crippen molar-refractivity contribution in [1.29, 1.82) is 0 Å². The first kappa shape index (κ1) is 20.0. The molecule has 0 bridgehead atoms. The highest BCUT2D eigenvalue weighted by Gasteiger charge is 2.27. The van der Waals surface area contributed by atoms with Crippen LogP contribution in [0.15, 0.2) is 16.5 Å². The van der Waals surface area contributed by atoms with Gasteiger partial charge in [0, 0.05) is 25.7 Å². The van der Waals surface area contributed by atoms with Crippen LogP contribution in [0.2, 0.25) is 0 Å². The van der Waals surface area contributed by atoms with Crippen LogP contribution >= 0.6 is 36.2 Å². The van der Waals surface area contributed by atoms with Crippen LogP contribution in [0.1, 0.15) is 28.0 Å². The molecule has 8 heteroatoms. The molecule has 0 aliphatic carbocycles. The van der Waals surface area contributed by atoms with Gasteiger partial charge >= 0.3 is 0 Å². The minimum Gasteiger partial charge on any atom is -0.459 e. The molecule has 0 radical (unpaired) electrons. The standard InChI is InChI=1S/C15H19N3O2S.2ClH/c1-9-8-16-6-7-18(9)15(19)13-11(3)17-14(21-13)12-5-4-10(2)20-12;;/h4-5,9,16H,6-8H2,1-3H3;2*1H. The average Bonchev–Trinajstić information content (AvgIpc) is 3.05. The lowest BCUT2D eigenvalue weighted by atomic mass is 10.2. The number of aryl methyl sites for hydroxylation is 2. The van der Waals surface area contributed by atoms with Crippen molar-refractivity contribution in [2.45, 2.75) is 26.8 Å². The molecule has 128 valence electrons. The summed E-state index contributed by atoms with van der Waals surface area (Å²) in [6.07, 6.45) is 0. The summed E-state index contributed by atoms with van der Waals surface area (Å²) in [6, 6.07) is 4.02. The molecule has 0 spiro atoms. The van der Waals surface area contributed by atoms with E-state index in [1.165, 1.54) is 11.3 Å². The highest BCUT2D eigenvalue weighted by Crippen LogP contribution is 2.30. The van der Waals surface area contributed by atoms with Gasteiger partial charge in [0.2, 0.25) is 0 Å². The first-order valence-corrected chi connectivity index (χ1v) is 7.94. The predicted molar refractivity (Wildman–Crippen MR) is 97.2 cm³/mol. The highest BCUT2D eigenvalue weighted by molar-refractivity contribution is 7.17. The molecule has 1 aliphatic heterocycles. The number of thiazole rings is 1. The van der Waals surface area contributed by atoms with Crippen LogP contribution in [-0.4, -0.2) is 41.5 Å². The van der Waals surface area contributed by atoms with Gasteiger partial charge in [-0.05, 0) is 32.9 Å². The number of carbonyl (C=O) groups is 1. The summed E-state index contributed by atoms with van der Waals surface area (Å²) >= 11 is 1.41. The molecule has 0 saturated carbocycles. The van der Waals surface area contributed by atoms with E-state index in [2.05, 4.69) is 17.2 Å². The Kier molecular flexibility index (Phi) is 7.07. The molecule has 1 fully saturated rings. The third-order valence-electron chi connectivity index (χ3n) is 3.70. The minimum atomic E-state index is 0. The van der Waals surface area contributed by atoms with Gasteiger partial charge in [-0.1, -0.05) is 0 Å². The molecule has 3 rings (SSSR count). The van der Waals surface area contributed by atoms with Crippen LogP contribution in [-0.2, 0) is 0 Å². The largest absolute Gasteiger partial charge is 0.459 e. The first-order chi connectivity index (χ1) is 10.1. The molecule has 1 amide bonds. The fourth-order valence-electron chi connectivity index (χ4n) is 2.52. The number of furan rings is 1. The summed E-state index contributed by atoms with van der Waals surface area (Å²) in [7, 11) is 0. The summed E-state index contributed by atoms with van der Waals surface area (Å²) in [4.78, 5) is 19.9. The number of rotatable bonds is 2. The summed E-state index contributed by atoms with van der Waals surface area (Å²) in [5, 5.41) is 4.07. The second kappa shape index (κ2) is 8.15. The minimum absolute atomic E-state index is 0. The van der Waals surface area contributed by atoms with E-state index in [0.717, 1.165) is 41.9 Å². The molecule has 1 N–H and O–H groups in total. The van der Waals surface area contributed by atoms with Crippen LogP contribution in [0.5, 0.6) is 0 Å². The van der Waals surface area contributed by atoms with Crippen LogP contribution in [0.3, 0.4) is 0 Å². The van der Waals surface area contributed by atoms with Gasteiger partial charge in [-0.15, -0.1) is 36.2 Å². The maximum atomic E-state index is 12.7. The summed E-state index contributed by atoms with van der Waals surface area (Å²) in [6.45, 7) is 8.28. The van der Waals surface area contributed by atoms with Gasteiger partial charge in [-0.3, -0.25) is 4.79 Å². The Balaban J connectivity index is 0.00000132. The summed E-state index contributed by atoms with van der Waals surface area (Å²) in [5.74, 6) is 1.66. The molecular weight excluding hydrogens is 357 g/mol. The molecule has 23 heavy (non-hydrogen) atoms. The van der Waals surface area contributed by atoms with Crippen molar-refractivity contribution in [3.63, 3.8) is 0 Å². The van der Waals surface area contributed by atoms with Crippen LogP contribution in [0, 0.1) is 13.8 Å². The Bertz CT molecular complexity index is 671. The Morgan fingerprint density at radius 2 is 2.13 bits per heavy atom. The van der Waals surface area contributed by atoms with Gasteiger partial charge in [-0.2, -0.15) is 0 Å². The topological polar surface area (TPSA) is 58.4 Å². The Hall–Kier alpha value is -1.08. The van der Waals surface area contributed by atoms with Crippen molar-refractivity contribution in [3.8, 4) is 10.8 Å². The van der Waals surface area contributed by atoms with Gasteiger partial charge in [0.1, 0.15) is 10.6 Å². The summed E-state index contributed by atoms with van der Waals surface area (Å²) < 4.78 is 5.60. The van der Waals surface area contributed by atoms with Gasteiger partial charge in [0.25, 0.3) is 5.91 Å². The van der Waals surface area contributed by atoms with E-state index in [1.807, 2.05) is 30.9 Å². The van der Waals surface area contributed by atoms with E-state index >= 15 is 0 Å². The number of carbonyl (C=O) groups excluding carboxylic acids is 1. The number of amides is 1.